The molecule has 1 amide bonds. The molecule has 0 aliphatic carbocycles. The Morgan fingerprint density at radius 2 is 2.04 bits per heavy atom. The fraction of sp³-hybridized carbons (Fsp3) is 0.316. The zero-order valence-electron chi connectivity index (χ0n) is 14.7. The zero-order chi connectivity index (χ0) is 19.9. The monoisotopic (exact) mass is 392 g/mol. The Balaban J connectivity index is 1.54. The molecule has 1 aromatic carbocycles. The first kappa shape index (κ1) is 18.4. The van der Waals surface area contributed by atoms with E-state index >= 15 is 0 Å². The molecule has 1 unspecified atom stereocenters. The third kappa shape index (κ3) is 3.44. The summed E-state index contributed by atoms with van der Waals surface area (Å²) in [5.74, 6) is -0.750. The first-order valence-electron chi connectivity index (χ1n) is 8.79. The van der Waals surface area contributed by atoms with Crippen molar-refractivity contribution in [3.8, 4) is 0 Å². The van der Waals surface area contributed by atoms with Crippen molar-refractivity contribution in [3.05, 3.63) is 59.8 Å². The number of benzene rings is 1. The average molecular weight is 392 g/mol. The van der Waals surface area contributed by atoms with E-state index < -0.39 is 17.7 Å². The fourth-order valence-corrected chi connectivity index (χ4v) is 3.47. The minimum atomic E-state index is -4.50. The summed E-state index contributed by atoms with van der Waals surface area (Å²) in [6.07, 6.45) is -0.604. The lowest BCUT2D eigenvalue weighted by molar-refractivity contribution is -0.141. The van der Waals surface area contributed by atoms with Crippen molar-refractivity contribution >= 4 is 16.8 Å². The summed E-state index contributed by atoms with van der Waals surface area (Å²) < 4.78 is 53.4. The molecule has 0 bridgehead atoms. The summed E-state index contributed by atoms with van der Waals surface area (Å²) in [7, 11) is 0. The molecule has 1 saturated heterocycles. The number of hydrogen-bond acceptors (Lipinski definition) is 3. The van der Waals surface area contributed by atoms with Crippen LogP contribution in [0.5, 0.6) is 0 Å². The third-order valence-corrected chi connectivity index (χ3v) is 4.87. The van der Waals surface area contributed by atoms with E-state index in [4.69, 9.17) is 0 Å². The second-order valence-electron chi connectivity index (χ2n) is 6.76. The van der Waals surface area contributed by atoms with Crippen LogP contribution in [0.2, 0.25) is 0 Å². The molecule has 0 saturated carbocycles. The van der Waals surface area contributed by atoms with Crippen molar-refractivity contribution in [2.45, 2.75) is 25.1 Å². The molecule has 28 heavy (non-hydrogen) atoms. The van der Waals surface area contributed by atoms with Gasteiger partial charge < -0.3 is 4.90 Å². The molecule has 5 nitrogen and oxygen atoms in total. The van der Waals surface area contributed by atoms with Crippen molar-refractivity contribution in [2.75, 3.05) is 13.1 Å². The molecule has 0 N–H and O–H groups in total. The number of rotatable bonds is 2. The minimum absolute atomic E-state index is 0.187. The highest BCUT2D eigenvalue weighted by Crippen LogP contribution is 2.29. The lowest BCUT2D eigenvalue weighted by atomic mass is 10.0. The molecular formula is C19H16F4N4O. The molecule has 146 valence electrons. The number of halogens is 4. The van der Waals surface area contributed by atoms with Gasteiger partial charge in [-0.2, -0.15) is 18.3 Å². The molecule has 2 aromatic heterocycles. The number of carbonyl (C=O) groups is 1. The highest BCUT2D eigenvalue weighted by molar-refractivity contribution is 5.97. The summed E-state index contributed by atoms with van der Waals surface area (Å²) in [6.45, 7) is 0.739. The maximum absolute atomic E-state index is 13.8. The van der Waals surface area contributed by atoms with Gasteiger partial charge in [0.25, 0.3) is 5.91 Å². The van der Waals surface area contributed by atoms with Crippen LogP contribution in [0.25, 0.3) is 10.9 Å². The number of para-hydroxylation sites is 1. The topological polar surface area (TPSA) is 51.0 Å². The van der Waals surface area contributed by atoms with E-state index in [1.54, 1.807) is 23.1 Å². The number of hydrogen-bond donors (Lipinski definition) is 0. The van der Waals surface area contributed by atoms with Crippen LogP contribution >= 0.6 is 0 Å². The number of nitrogens with zero attached hydrogens (tertiary/aromatic N) is 4. The Kier molecular flexibility index (Phi) is 4.52. The van der Waals surface area contributed by atoms with Crippen LogP contribution in [-0.4, -0.2) is 38.7 Å². The summed E-state index contributed by atoms with van der Waals surface area (Å²) in [5.41, 5.74) is -0.446. The molecule has 1 aliphatic rings. The van der Waals surface area contributed by atoms with Gasteiger partial charge in [0.2, 0.25) is 0 Å². The highest BCUT2D eigenvalue weighted by Gasteiger charge is 2.35. The first-order chi connectivity index (χ1) is 13.3. The average Bonchev–Trinajstić information content (AvgIpc) is 3.18. The molecule has 3 heterocycles. The summed E-state index contributed by atoms with van der Waals surface area (Å²) in [5, 5.41) is 4.14. The number of pyridine rings is 1. The molecular weight excluding hydrogens is 376 g/mol. The zero-order valence-corrected chi connectivity index (χ0v) is 14.7. The van der Waals surface area contributed by atoms with Gasteiger partial charge in [-0.1, -0.05) is 12.1 Å². The molecule has 1 atom stereocenters. The van der Waals surface area contributed by atoms with Gasteiger partial charge in [-0.25, -0.2) is 4.39 Å². The van der Waals surface area contributed by atoms with Gasteiger partial charge in [-0.3, -0.25) is 14.5 Å². The van der Waals surface area contributed by atoms with Crippen molar-refractivity contribution in [1.29, 1.82) is 0 Å². The van der Waals surface area contributed by atoms with Crippen molar-refractivity contribution in [3.63, 3.8) is 0 Å². The smallest absolute Gasteiger partial charge is 0.336 e. The molecule has 0 radical (unpaired) electrons. The Morgan fingerprint density at radius 3 is 2.79 bits per heavy atom. The third-order valence-electron chi connectivity index (χ3n) is 4.87. The van der Waals surface area contributed by atoms with E-state index in [1.807, 2.05) is 0 Å². The molecule has 9 heteroatoms. The van der Waals surface area contributed by atoms with E-state index in [0.29, 0.717) is 30.3 Å². The van der Waals surface area contributed by atoms with Gasteiger partial charge in [0.1, 0.15) is 11.3 Å². The molecule has 1 aliphatic heterocycles. The van der Waals surface area contributed by atoms with Crippen LogP contribution in [0.1, 0.15) is 34.9 Å². The second kappa shape index (κ2) is 6.88. The van der Waals surface area contributed by atoms with Crippen molar-refractivity contribution in [2.24, 2.45) is 0 Å². The summed E-state index contributed by atoms with van der Waals surface area (Å²) in [4.78, 5) is 18.5. The lowest BCUT2D eigenvalue weighted by Crippen LogP contribution is -2.41. The maximum Gasteiger partial charge on any atom is 0.435 e. The summed E-state index contributed by atoms with van der Waals surface area (Å²) in [6, 6.07) is 6.69. The largest absolute Gasteiger partial charge is 0.435 e. The van der Waals surface area contributed by atoms with Crippen molar-refractivity contribution < 1.29 is 22.4 Å². The van der Waals surface area contributed by atoms with Crippen molar-refractivity contribution in [1.82, 2.24) is 19.7 Å². The Labute approximate surface area is 157 Å². The van der Waals surface area contributed by atoms with Crippen LogP contribution in [0.3, 0.4) is 0 Å². The fourth-order valence-electron chi connectivity index (χ4n) is 3.47. The highest BCUT2D eigenvalue weighted by atomic mass is 19.4. The number of alkyl halides is 3. The number of aromatic nitrogens is 3. The number of amides is 1. The summed E-state index contributed by atoms with van der Waals surface area (Å²) >= 11 is 0. The minimum Gasteiger partial charge on any atom is -0.336 e. The Hall–Kier alpha value is -2.97. The molecule has 3 aromatic rings. The SMILES string of the molecule is O=C(c1cnc2c(F)cccc2c1)N1CCCC(n2ccc(C(F)(F)F)n2)C1. The maximum atomic E-state index is 13.8. The number of likely N-dealkylation sites (tertiary alicyclic amines) is 1. The van der Waals surface area contributed by atoms with Gasteiger partial charge >= 0.3 is 6.18 Å². The van der Waals surface area contributed by atoms with E-state index in [1.165, 1.54) is 23.1 Å². The first-order valence-corrected chi connectivity index (χ1v) is 8.79. The number of piperidine rings is 1. The van der Waals surface area contributed by atoms with Gasteiger partial charge in [0, 0.05) is 30.9 Å². The quantitative estimate of drug-likeness (QED) is 0.618. The predicted molar refractivity (Wildman–Crippen MR) is 93.1 cm³/mol. The lowest BCUT2D eigenvalue weighted by Gasteiger charge is -2.33. The van der Waals surface area contributed by atoms with Crippen LogP contribution in [0, 0.1) is 5.82 Å². The Bertz CT molecular complexity index is 1030. The van der Waals surface area contributed by atoms with Gasteiger partial charge in [-0.05, 0) is 31.0 Å². The van der Waals surface area contributed by atoms with E-state index in [2.05, 4.69) is 10.1 Å². The normalized spacial score (nSPS) is 17.9. The van der Waals surface area contributed by atoms with Crippen LogP contribution < -0.4 is 0 Å². The molecule has 0 spiro atoms. The van der Waals surface area contributed by atoms with Gasteiger partial charge in [-0.15, -0.1) is 0 Å². The van der Waals surface area contributed by atoms with E-state index in [0.717, 1.165) is 6.07 Å². The number of fused-ring (bicyclic) bond motifs is 1. The van der Waals surface area contributed by atoms with Crippen LogP contribution in [-0.2, 0) is 6.18 Å². The van der Waals surface area contributed by atoms with E-state index in [9.17, 15) is 22.4 Å². The van der Waals surface area contributed by atoms with E-state index in [-0.39, 0.29) is 24.0 Å². The van der Waals surface area contributed by atoms with Crippen LogP contribution in [0.4, 0.5) is 17.6 Å². The van der Waals surface area contributed by atoms with Gasteiger partial charge in [0.15, 0.2) is 5.69 Å². The van der Waals surface area contributed by atoms with Crippen LogP contribution in [0.15, 0.2) is 42.7 Å². The second-order valence-corrected chi connectivity index (χ2v) is 6.76. The van der Waals surface area contributed by atoms with Gasteiger partial charge in [0.05, 0.1) is 11.6 Å². The number of carbonyl (C=O) groups excluding carboxylic acids is 1. The predicted octanol–water partition coefficient (Wildman–Crippen LogP) is 4.07. The molecule has 1 fully saturated rings. The molecule has 4 rings (SSSR count). The Morgan fingerprint density at radius 1 is 1.21 bits per heavy atom. The standard InChI is InChI=1S/C19H16F4N4O/c20-15-5-1-3-12-9-13(10-24-17(12)15)18(28)26-7-2-4-14(11-26)27-8-6-16(25-27)19(21,22)23/h1,3,5-6,8-10,14H,2,4,7,11H2.